The monoisotopic (exact) mass is 368 g/mol. The molecule has 0 bridgehead atoms. The Labute approximate surface area is 148 Å². The number of hydrogen-bond donors (Lipinski definition) is 1. The minimum atomic E-state index is -0.124. The quantitative estimate of drug-likeness (QED) is 0.746. The van der Waals surface area contributed by atoms with Gasteiger partial charge in [0.25, 0.3) is 0 Å². The van der Waals surface area contributed by atoms with Crippen molar-refractivity contribution in [2.75, 3.05) is 17.7 Å². The van der Waals surface area contributed by atoms with E-state index < -0.39 is 0 Å². The zero-order valence-corrected chi connectivity index (χ0v) is 15.3. The third-order valence-corrected chi connectivity index (χ3v) is 5.35. The fourth-order valence-electron chi connectivity index (χ4n) is 2.50. The van der Waals surface area contributed by atoms with Crippen LogP contribution in [0, 0.1) is 6.92 Å². The normalized spacial score (nSPS) is 17.3. The second kappa shape index (κ2) is 8.04. The highest BCUT2D eigenvalue weighted by Crippen LogP contribution is 2.22. The van der Waals surface area contributed by atoms with E-state index in [4.69, 9.17) is 4.74 Å². The number of ether oxygens (including phenoxy) is 1. The minimum Gasteiger partial charge on any atom is -0.376 e. The van der Waals surface area contributed by atoms with Crippen LogP contribution < -0.4 is 5.32 Å². The lowest BCUT2D eigenvalue weighted by Gasteiger charge is -2.13. The van der Waals surface area contributed by atoms with Gasteiger partial charge >= 0.3 is 0 Å². The minimum absolute atomic E-state index is 0.124. The molecule has 24 heavy (non-hydrogen) atoms. The molecule has 2 aromatic heterocycles. The summed E-state index contributed by atoms with van der Waals surface area (Å²) in [6.07, 6.45) is 3.17. The Morgan fingerprint density at radius 1 is 1.42 bits per heavy atom. The third kappa shape index (κ3) is 4.31. The van der Waals surface area contributed by atoms with Crippen LogP contribution in [0.15, 0.2) is 5.16 Å². The Bertz CT molecular complexity index is 695. The summed E-state index contributed by atoms with van der Waals surface area (Å²) in [6.45, 7) is 5.47. The predicted molar refractivity (Wildman–Crippen MR) is 92.4 cm³/mol. The summed E-state index contributed by atoms with van der Waals surface area (Å²) in [6, 6.07) is 0. The number of hydrogen-bond acceptors (Lipinski definition) is 8. The molecule has 1 saturated heterocycles. The van der Waals surface area contributed by atoms with Crippen LogP contribution in [0.3, 0.4) is 0 Å². The Hall–Kier alpha value is -1.52. The highest BCUT2D eigenvalue weighted by molar-refractivity contribution is 7.99. The van der Waals surface area contributed by atoms with Gasteiger partial charge in [0, 0.05) is 13.0 Å². The first kappa shape index (κ1) is 17.3. The Morgan fingerprint density at radius 3 is 2.96 bits per heavy atom. The molecule has 8 nitrogen and oxygen atoms in total. The van der Waals surface area contributed by atoms with Crippen molar-refractivity contribution in [2.24, 2.45) is 0 Å². The first-order valence-corrected chi connectivity index (χ1v) is 9.72. The van der Waals surface area contributed by atoms with Gasteiger partial charge in [-0.2, -0.15) is 0 Å². The van der Waals surface area contributed by atoms with Crippen LogP contribution in [0.1, 0.15) is 30.6 Å². The van der Waals surface area contributed by atoms with E-state index in [9.17, 15) is 4.79 Å². The predicted octanol–water partition coefficient (Wildman–Crippen LogP) is 1.91. The van der Waals surface area contributed by atoms with E-state index in [-0.39, 0.29) is 17.8 Å². The van der Waals surface area contributed by atoms with Crippen molar-refractivity contribution in [3.63, 3.8) is 0 Å². The summed E-state index contributed by atoms with van der Waals surface area (Å²) in [5, 5.41) is 21.1. The van der Waals surface area contributed by atoms with Crippen molar-refractivity contribution in [3.05, 3.63) is 10.8 Å². The van der Waals surface area contributed by atoms with Gasteiger partial charge in [0.05, 0.1) is 18.4 Å². The standard InChI is InChI=1S/C14H20N6O2S2/c1-3-11-17-19-14(20(11)7-10-5-4-6-22-10)23-8-12(21)15-13-18-16-9(2)24-13/h10H,3-8H2,1-2H3,(H,15,18,21)/t10-/m0/s1. The first-order chi connectivity index (χ1) is 11.7. The molecule has 0 saturated carbocycles. The summed E-state index contributed by atoms with van der Waals surface area (Å²) >= 11 is 2.74. The summed E-state index contributed by atoms with van der Waals surface area (Å²) in [7, 11) is 0. The molecule has 3 heterocycles. The van der Waals surface area contributed by atoms with Gasteiger partial charge in [0.2, 0.25) is 11.0 Å². The molecule has 0 unspecified atom stereocenters. The molecule has 0 spiro atoms. The van der Waals surface area contributed by atoms with E-state index in [0.29, 0.717) is 5.13 Å². The number of carbonyl (C=O) groups excluding carboxylic acids is 1. The number of nitrogens with zero attached hydrogens (tertiary/aromatic N) is 5. The van der Waals surface area contributed by atoms with Crippen LogP contribution in [-0.4, -0.2) is 49.3 Å². The lowest BCUT2D eigenvalue weighted by molar-refractivity contribution is -0.113. The fourth-order valence-corrected chi connectivity index (χ4v) is 3.87. The number of rotatable bonds is 7. The zero-order chi connectivity index (χ0) is 16.9. The van der Waals surface area contributed by atoms with E-state index in [1.54, 1.807) is 0 Å². The maximum atomic E-state index is 12.1. The second-order valence-corrected chi connectivity index (χ2v) is 7.59. The van der Waals surface area contributed by atoms with Crippen molar-refractivity contribution in [3.8, 4) is 0 Å². The summed E-state index contributed by atoms with van der Waals surface area (Å²) < 4.78 is 7.78. The summed E-state index contributed by atoms with van der Waals surface area (Å²) in [4.78, 5) is 12.1. The van der Waals surface area contributed by atoms with E-state index >= 15 is 0 Å². The molecule has 1 fully saturated rings. The van der Waals surface area contributed by atoms with Crippen LogP contribution in [0.5, 0.6) is 0 Å². The molecule has 0 aromatic carbocycles. The number of aromatic nitrogens is 5. The Balaban J connectivity index is 1.59. The van der Waals surface area contributed by atoms with Crippen LogP contribution in [0.2, 0.25) is 0 Å². The molecule has 10 heteroatoms. The number of nitrogens with one attached hydrogen (secondary N) is 1. The SMILES string of the molecule is CCc1nnc(SCC(=O)Nc2nnc(C)s2)n1C[C@@H]1CCCO1. The second-order valence-electron chi connectivity index (χ2n) is 5.46. The van der Waals surface area contributed by atoms with Crippen molar-refractivity contribution < 1.29 is 9.53 Å². The van der Waals surface area contributed by atoms with Crippen molar-refractivity contribution in [1.29, 1.82) is 0 Å². The summed E-state index contributed by atoms with van der Waals surface area (Å²) in [5.41, 5.74) is 0. The molecule has 130 valence electrons. The number of amides is 1. The largest absolute Gasteiger partial charge is 0.376 e. The average Bonchev–Trinajstić information content (AvgIpc) is 3.28. The first-order valence-electron chi connectivity index (χ1n) is 7.92. The van der Waals surface area contributed by atoms with Gasteiger partial charge in [0.15, 0.2) is 5.16 Å². The summed E-state index contributed by atoms with van der Waals surface area (Å²) in [5.74, 6) is 1.06. The lowest BCUT2D eigenvalue weighted by atomic mass is 10.2. The van der Waals surface area contributed by atoms with Gasteiger partial charge in [-0.05, 0) is 19.8 Å². The number of anilines is 1. The number of aryl methyl sites for hydroxylation is 2. The number of carbonyl (C=O) groups is 1. The van der Waals surface area contributed by atoms with Gasteiger partial charge in [-0.1, -0.05) is 30.0 Å². The third-order valence-electron chi connectivity index (χ3n) is 3.62. The maximum Gasteiger partial charge on any atom is 0.236 e. The highest BCUT2D eigenvalue weighted by atomic mass is 32.2. The molecule has 1 aliphatic rings. The van der Waals surface area contributed by atoms with E-state index in [0.717, 1.165) is 48.4 Å². The molecule has 1 amide bonds. The lowest BCUT2D eigenvalue weighted by Crippen LogP contribution is -2.19. The van der Waals surface area contributed by atoms with Crippen molar-refractivity contribution in [2.45, 2.75) is 50.9 Å². The smallest absolute Gasteiger partial charge is 0.236 e. The highest BCUT2D eigenvalue weighted by Gasteiger charge is 2.21. The van der Waals surface area contributed by atoms with Crippen LogP contribution in [-0.2, 0) is 22.5 Å². The Morgan fingerprint density at radius 2 is 2.29 bits per heavy atom. The van der Waals surface area contributed by atoms with Gasteiger partial charge in [-0.15, -0.1) is 20.4 Å². The molecular formula is C14H20N6O2S2. The molecule has 0 aliphatic carbocycles. The molecular weight excluding hydrogens is 348 g/mol. The van der Waals surface area contributed by atoms with Gasteiger partial charge in [-0.25, -0.2) is 0 Å². The van der Waals surface area contributed by atoms with Gasteiger partial charge in [-0.3, -0.25) is 10.1 Å². The average molecular weight is 368 g/mol. The molecule has 2 aromatic rings. The molecule has 1 atom stereocenters. The van der Waals surface area contributed by atoms with Gasteiger partial charge in [0.1, 0.15) is 10.8 Å². The van der Waals surface area contributed by atoms with Crippen molar-refractivity contribution in [1.82, 2.24) is 25.0 Å². The molecule has 0 radical (unpaired) electrons. The van der Waals surface area contributed by atoms with E-state index in [2.05, 4.69) is 37.2 Å². The molecule has 3 rings (SSSR count). The molecule has 1 aliphatic heterocycles. The van der Waals surface area contributed by atoms with Crippen LogP contribution in [0.4, 0.5) is 5.13 Å². The van der Waals surface area contributed by atoms with Crippen LogP contribution >= 0.6 is 23.1 Å². The number of thioether (sulfide) groups is 1. The molecule has 1 N–H and O–H groups in total. The maximum absolute atomic E-state index is 12.1. The van der Waals surface area contributed by atoms with Crippen LogP contribution in [0.25, 0.3) is 0 Å². The Kier molecular flexibility index (Phi) is 5.80. The van der Waals surface area contributed by atoms with E-state index in [1.165, 1.54) is 23.1 Å². The van der Waals surface area contributed by atoms with Gasteiger partial charge < -0.3 is 9.30 Å². The fraction of sp³-hybridized carbons (Fsp3) is 0.643. The van der Waals surface area contributed by atoms with E-state index in [1.807, 2.05) is 6.92 Å². The topological polar surface area (TPSA) is 94.8 Å². The van der Waals surface area contributed by atoms with Crippen molar-refractivity contribution >= 4 is 34.1 Å². The zero-order valence-electron chi connectivity index (χ0n) is 13.7.